The van der Waals surface area contributed by atoms with Crippen LogP contribution in [0.1, 0.15) is 6.92 Å². The molecule has 7 heteroatoms. The molecule has 2 aromatic rings. The van der Waals surface area contributed by atoms with Crippen LogP contribution in [-0.2, 0) is 0 Å². The second-order valence-corrected chi connectivity index (χ2v) is 7.03. The SMILES string of the molecule is CCNCC1Oc2ccccc2N(c2ccccc2)S1(O)O.Cl. The Balaban J connectivity index is 0.00000192. The van der Waals surface area contributed by atoms with Gasteiger partial charge in [-0.15, -0.1) is 12.4 Å². The first kappa shape index (κ1) is 17.9. The Morgan fingerprint density at radius 3 is 2.43 bits per heavy atom. The molecule has 23 heavy (non-hydrogen) atoms. The van der Waals surface area contributed by atoms with Crippen LogP contribution >= 0.6 is 23.2 Å². The molecular weight excluding hydrogens is 336 g/mol. The lowest BCUT2D eigenvalue weighted by Gasteiger charge is -2.51. The highest BCUT2D eigenvalue weighted by Crippen LogP contribution is 2.60. The van der Waals surface area contributed by atoms with Crippen molar-refractivity contribution in [3.8, 4) is 5.75 Å². The Bertz CT molecular complexity index is 642. The lowest BCUT2D eigenvalue weighted by molar-refractivity contribution is 0.244. The van der Waals surface area contributed by atoms with Crippen molar-refractivity contribution in [3.63, 3.8) is 0 Å². The van der Waals surface area contributed by atoms with Gasteiger partial charge >= 0.3 is 0 Å². The number of hydrogen-bond acceptors (Lipinski definition) is 5. The molecule has 0 spiro atoms. The van der Waals surface area contributed by atoms with Crippen LogP contribution in [0.3, 0.4) is 0 Å². The predicted molar refractivity (Wildman–Crippen MR) is 98.1 cm³/mol. The molecule has 0 saturated carbocycles. The summed E-state index contributed by atoms with van der Waals surface area (Å²) in [6, 6.07) is 16.8. The maximum atomic E-state index is 10.8. The van der Waals surface area contributed by atoms with E-state index in [0.717, 1.165) is 12.2 Å². The molecule has 1 atom stereocenters. The molecular formula is C16H21ClN2O3S. The van der Waals surface area contributed by atoms with E-state index in [-0.39, 0.29) is 12.4 Å². The van der Waals surface area contributed by atoms with Crippen LogP contribution in [0.2, 0.25) is 0 Å². The fraction of sp³-hybridized carbons (Fsp3) is 0.250. The molecule has 0 aliphatic carbocycles. The van der Waals surface area contributed by atoms with Crippen molar-refractivity contribution in [1.29, 1.82) is 0 Å². The fourth-order valence-corrected chi connectivity index (χ4v) is 4.15. The van der Waals surface area contributed by atoms with Crippen LogP contribution in [0.4, 0.5) is 11.4 Å². The number of likely N-dealkylation sites (N-methyl/N-ethyl adjacent to an activating group) is 1. The van der Waals surface area contributed by atoms with Gasteiger partial charge in [-0.2, -0.15) is 0 Å². The highest BCUT2D eigenvalue weighted by molar-refractivity contribution is 8.26. The van der Waals surface area contributed by atoms with E-state index in [1.54, 1.807) is 4.31 Å². The number of nitrogens with zero attached hydrogens (tertiary/aromatic N) is 1. The van der Waals surface area contributed by atoms with Crippen molar-refractivity contribution in [2.24, 2.45) is 0 Å². The van der Waals surface area contributed by atoms with Gasteiger partial charge in [-0.3, -0.25) is 9.11 Å². The molecule has 0 fully saturated rings. The number of benzene rings is 2. The third-order valence-corrected chi connectivity index (χ3v) is 5.43. The zero-order valence-corrected chi connectivity index (χ0v) is 14.4. The van der Waals surface area contributed by atoms with Crippen molar-refractivity contribution in [3.05, 3.63) is 54.6 Å². The standard InChI is InChI=1S/C16H20N2O3S.ClH/c1-2-17-12-16-21-15-11-7-6-10-14(15)18(22(16,19)20)13-8-4-3-5-9-13;/h3-11,16-17,19-20H,2,12H2,1H3;1H. The Kier molecular flexibility index (Phi) is 5.78. The molecule has 1 heterocycles. The summed E-state index contributed by atoms with van der Waals surface area (Å²) in [6.45, 7) is 3.08. The zero-order valence-electron chi connectivity index (χ0n) is 12.8. The van der Waals surface area contributed by atoms with Gasteiger partial charge in [0.15, 0.2) is 0 Å². The van der Waals surface area contributed by atoms with Crippen LogP contribution < -0.4 is 14.4 Å². The van der Waals surface area contributed by atoms with Gasteiger partial charge in [-0.1, -0.05) is 48.0 Å². The molecule has 1 aliphatic rings. The lowest BCUT2D eigenvalue weighted by Crippen LogP contribution is -2.44. The second kappa shape index (κ2) is 7.42. The van der Waals surface area contributed by atoms with Crippen LogP contribution in [0.25, 0.3) is 0 Å². The summed E-state index contributed by atoms with van der Waals surface area (Å²) in [6.07, 6.45) is 0. The molecule has 5 nitrogen and oxygen atoms in total. The third kappa shape index (κ3) is 3.41. The molecule has 3 N–H and O–H groups in total. The highest BCUT2D eigenvalue weighted by Gasteiger charge is 2.40. The van der Waals surface area contributed by atoms with Crippen molar-refractivity contribution >= 4 is 34.6 Å². The molecule has 1 unspecified atom stereocenters. The molecule has 0 bridgehead atoms. The average Bonchev–Trinajstić information content (AvgIpc) is 2.53. The Morgan fingerprint density at radius 1 is 1.09 bits per heavy atom. The van der Waals surface area contributed by atoms with Crippen LogP contribution in [0.15, 0.2) is 54.6 Å². The molecule has 1 aliphatic heterocycles. The number of halogens is 1. The minimum Gasteiger partial charge on any atom is -0.465 e. The van der Waals surface area contributed by atoms with Gasteiger partial charge in [0.05, 0.1) is 12.2 Å². The normalized spacial score (nSPS) is 20.0. The topological polar surface area (TPSA) is 65.0 Å². The van der Waals surface area contributed by atoms with E-state index in [2.05, 4.69) is 5.32 Å². The third-order valence-electron chi connectivity index (χ3n) is 3.52. The number of fused-ring (bicyclic) bond motifs is 1. The number of anilines is 2. The molecule has 0 aromatic heterocycles. The van der Waals surface area contributed by atoms with Gasteiger partial charge in [0.1, 0.15) is 11.4 Å². The molecule has 126 valence electrons. The predicted octanol–water partition coefficient (Wildman–Crippen LogP) is 4.24. The van der Waals surface area contributed by atoms with E-state index in [1.807, 2.05) is 61.5 Å². The second-order valence-electron chi connectivity index (χ2n) is 5.01. The number of para-hydroxylation sites is 3. The van der Waals surface area contributed by atoms with E-state index in [1.165, 1.54) is 0 Å². The van der Waals surface area contributed by atoms with Gasteiger partial charge in [-0.05, 0) is 30.8 Å². The maximum absolute atomic E-state index is 10.8. The van der Waals surface area contributed by atoms with E-state index < -0.39 is 16.2 Å². The average molecular weight is 357 g/mol. The van der Waals surface area contributed by atoms with E-state index in [4.69, 9.17) is 4.74 Å². The largest absolute Gasteiger partial charge is 0.465 e. The minimum atomic E-state index is -3.15. The first-order chi connectivity index (χ1) is 10.6. The summed E-state index contributed by atoms with van der Waals surface area (Å²) in [7, 11) is -3.15. The Hall–Kier alpha value is -1.44. The summed E-state index contributed by atoms with van der Waals surface area (Å²) < 4.78 is 29.1. The lowest BCUT2D eigenvalue weighted by atomic mass is 10.2. The quantitative estimate of drug-likeness (QED) is 0.764. The number of hydrogen-bond donors (Lipinski definition) is 3. The highest BCUT2D eigenvalue weighted by atomic mass is 35.5. The van der Waals surface area contributed by atoms with E-state index >= 15 is 0 Å². The van der Waals surface area contributed by atoms with Gasteiger partial charge in [0.2, 0.25) is 5.44 Å². The van der Waals surface area contributed by atoms with Crippen molar-refractivity contribution in [2.75, 3.05) is 17.4 Å². The smallest absolute Gasteiger partial charge is 0.218 e. The van der Waals surface area contributed by atoms with Gasteiger partial charge in [0.25, 0.3) is 0 Å². The first-order valence-electron chi connectivity index (χ1n) is 7.23. The molecule has 0 radical (unpaired) electrons. The fourth-order valence-electron chi connectivity index (χ4n) is 2.47. The number of ether oxygens (including phenoxy) is 1. The molecule has 0 amide bonds. The zero-order chi connectivity index (χ0) is 15.6. The van der Waals surface area contributed by atoms with Crippen molar-refractivity contribution < 1.29 is 13.8 Å². The number of nitrogens with one attached hydrogen (secondary N) is 1. The molecule has 0 saturated heterocycles. The summed E-state index contributed by atoms with van der Waals surface area (Å²) in [4.78, 5) is 0. The van der Waals surface area contributed by atoms with Crippen molar-refractivity contribution in [2.45, 2.75) is 12.4 Å². The van der Waals surface area contributed by atoms with Crippen LogP contribution in [0, 0.1) is 0 Å². The van der Waals surface area contributed by atoms with Crippen LogP contribution in [-0.4, -0.2) is 27.6 Å². The summed E-state index contributed by atoms with van der Waals surface area (Å²) >= 11 is 0. The minimum absolute atomic E-state index is 0. The van der Waals surface area contributed by atoms with Gasteiger partial charge in [-0.25, -0.2) is 4.31 Å². The van der Waals surface area contributed by atoms with Crippen LogP contribution in [0.5, 0.6) is 5.75 Å². The Morgan fingerprint density at radius 2 is 1.74 bits per heavy atom. The van der Waals surface area contributed by atoms with E-state index in [0.29, 0.717) is 18.0 Å². The number of rotatable bonds is 4. The monoisotopic (exact) mass is 356 g/mol. The summed E-state index contributed by atoms with van der Waals surface area (Å²) in [5.74, 6) is 0.653. The maximum Gasteiger partial charge on any atom is 0.218 e. The molecule has 3 rings (SSSR count). The molecule has 2 aromatic carbocycles. The first-order valence-corrected chi connectivity index (χ1v) is 8.80. The van der Waals surface area contributed by atoms with E-state index in [9.17, 15) is 9.11 Å². The summed E-state index contributed by atoms with van der Waals surface area (Å²) in [5.41, 5.74) is 0.684. The Labute approximate surface area is 144 Å². The van der Waals surface area contributed by atoms with Gasteiger partial charge in [0, 0.05) is 0 Å². The van der Waals surface area contributed by atoms with Crippen molar-refractivity contribution in [1.82, 2.24) is 5.32 Å². The van der Waals surface area contributed by atoms with Gasteiger partial charge < -0.3 is 10.1 Å². The summed E-state index contributed by atoms with van der Waals surface area (Å²) in [5, 5.41) is 3.13.